The van der Waals surface area contributed by atoms with Crippen LogP contribution in [0.15, 0.2) is 18.7 Å². The van der Waals surface area contributed by atoms with Gasteiger partial charge in [0.25, 0.3) is 0 Å². The first-order valence-electron chi connectivity index (χ1n) is 4.81. The molecule has 5 heteroatoms. The highest BCUT2D eigenvalue weighted by atomic mass is 32.2. The third-order valence-corrected chi connectivity index (χ3v) is 3.29. The van der Waals surface area contributed by atoms with E-state index >= 15 is 0 Å². The Kier molecular flexibility index (Phi) is 1.98. The fourth-order valence-electron chi connectivity index (χ4n) is 1.95. The lowest BCUT2D eigenvalue weighted by Gasteiger charge is -2.15. The molecule has 0 bridgehead atoms. The van der Waals surface area contributed by atoms with Crippen molar-refractivity contribution in [1.82, 2.24) is 19.2 Å². The Morgan fingerprint density at radius 2 is 2.13 bits per heavy atom. The molecule has 2 aromatic rings. The normalized spacial score (nSPS) is 13.4. The molecule has 0 spiro atoms. The van der Waals surface area contributed by atoms with E-state index in [0.717, 1.165) is 24.2 Å². The molecular formula is C10H10N4S. The van der Waals surface area contributed by atoms with Crippen LogP contribution >= 0.6 is 11.9 Å². The summed E-state index contributed by atoms with van der Waals surface area (Å²) >= 11 is 1.60. The zero-order valence-electron chi connectivity index (χ0n) is 8.34. The molecule has 0 amide bonds. The SMILES string of the molecule is CSn1ncc2c1-c1ncncc1CC2. The first-order chi connectivity index (χ1) is 7.40. The van der Waals surface area contributed by atoms with Crippen LogP contribution in [0.25, 0.3) is 11.4 Å². The molecular weight excluding hydrogens is 208 g/mol. The van der Waals surface area contributed by atoms with Crippen LogP contribution in [0.4, 0.5) is 0 Å². The number of rotatable bonds is 1. The number of hydrogen-bond acceptors (Lipinski definition) is 4. The summed E-state index contributed by atoms with van der Waals surface area (Å²) in [4.78, 5) is 8.42. The smallest absolute Gasteiger partial charge is 0.116 e. The summed E-state index contributed by atoms with van der Waals surface area (Å²) in [5.74, 6) is 0. The Balaban J connectivity index is 2.27. The molecule has 0 N–H and O–H groups in total. The molecule has 0 atom stereocenters. The Labute approximate surface area is 91.9 Å². The second-order valence-corrected chi connectivity index (χ2v) is 4.18. The van der Waals surface area contributed by atoms with Gasteiger partial charge in [-0.3, -0.25) is 0 Å². The number of aryl methyl sites for hydroxylation is 2. The van der Waals surface area contributed by atoms with E-state index in [-0.39, 0.29) is 0 Å². The molecule has 0 saturated carbocycles. The Bertz CT molecular complexity index is 492. The maximum atomic E-state index is 4.36. The molecule has 1 aliphatic rings. The monoisotopic (exact) mass is 218 g/mol. The molecule has 0 fully saturated rings. The quantitative estimate of drug-likeness (QED) is 0.728. The van der Waals surface area contributed by atoms with Gasteiger partial charge in [-0.05, 0) is 30.4 Å². The zero-order valence-corrected chi connectivity index (χ0v) is 9.16. The highest BCUT2D eigenvalue weighted by molar-refractivity contribution is 7.97. The molecule has 3 rings (SSSR count). The summed E-state index contributed by atoms with van der Waals surface area (Å²) in [6.07, 6.45) is 9.52. The number of aromatic nitrogens is 4. The van der Waals surface area contributed by atoms with Gasteiger partial charge in [-0.1, -0.05) is 0 Å². The van der Waals surface area contributed by atoms with E-state index in [2.05, 4.69) is 15.1 Å². The molecule has 0 unspecified atom stereocenters. The number of nitrogens with zero attached hydrogens (tertiary/aromatic N) is 4. The van der Waals surface area contributed by atoms with Crippen LogP contribution in [0.2, 0.25) is 0 Å². The molecule has 0 radical (unpaired) electrons. The van der Waals surface area contributed by atoms with Crippen molar-refractivity contribution < 1.29 is 0 Å². The van der Waals surface area contributed by atoms with E-state index in [1.807, 2.05) is 22.7 Å². The minimum Gasteiger partial charge on any atom is -0.244 e. The summed E-state index contributed by atoms with van der Waals surface area (Å²) in [5.41, 5.74) is 4.70. The van der Waals surface area contributed by atoms with Gasteiger partial charge >= 0.3 is 0 Å². The van der Waals surface area contributed by atoms with Gasteiger partial charge in [-0.15, -0.1) is 0 Å². The van der Waals surface area contributed by atoms with Crippen LogP contribution in [0, 0.1) is 0 Å². The molecule has 2 heterocycles. The molecule has 1 aliphatic carbocycles. The summed E-state index contributed by atoms with van der Waals surface area (Å²) in [6.45, 7) is 0. The van der Waals surface area contributed by atoms with Gasteiger partial charge in [-0.25, -0.2) is 14.1 Å². The topological polar surface area (TPSA) is 43.6 Å². The summed E-state index contributed by atoms with van der Waals surface area (Å²) in [5, 5.41) is 4.33. The second-order valence-electron chi connectivity index (χ2n) is 3.47. The van der Waals surface area contributed by atoms with Crippen LogP contribution in [0.5, 0.6) is 0 Å². The average molecular weight is 218 g/mol. The first-order valence-corrected chi connectivity index (χ1v) is 5.99. The Hall–Kier alpha value is -1.36. The van der Waals surface area contributed by atoms with Crippen molar-refractivity contribution in [3.8, 4) is 11.4 Å². The van der Waals surface area contributed by atoms with E-state index in [9.17, 15) is 0 Å². The molecule has 4 nitrogen and oxygen atoms in total. The van der Waals surface area contributed by atoms with Gasteiger partial charge < -0.3 is 0 Å². The third kappa shape index (κ3) is 1.26. The predicted octanol–water partition coefficient (Wildman–Crippen LogP) is 1.56. The maximum Gasteiger partial charge on any atom is 0.116 e. The summed E-state index contributed by atoms with van der Waals surface area (Å²) < 4.78 is 1.93. The van der Waals surface area contributed by atoms with Gasteiger partial charge in [0.15, 0.2) is 0 Å². The average Bonchev–Trinajstić information content (AvgIpc) is 2.72. The fraction of sp³-hybridized carbons (Fsp3) is 0.300. The maximum absolute atomic E-state index is 4.36. The molecule has 76 valence electrons. The molecule has 2 aromatic heterocycles. The lowest BCUT2D eigenvalue weighted by atomic mass is 9.96. The third-order valence-electron chi connectivity index (χ3n) is 2.66. The summed E-state index contributed by atoms with van der Waals surface area (Å²) in [7, 11) is 0. The van der Waals surface area contributed by atoms with E-state index in [1.54, 1.807) is 18.3 Å². The summed E-state index contributed by atoms with van der Waals surface area (Å²) in [6, 6.07) is 0. The van der Waals surface area contributed by atoms with Crippen molar-refractivity contribution in [2.24, 2.45) is 0 Å². The van der Waals surface area contributed by atoms with E-state index in [1.165, 1.54) is 11.1 Å². The van der Waals surface area contributed by atoms with Gasteiger partial charge in [0.05, 0.1) is 11.9 Å². The number of hydrogen-bond donors (Lipinski definition) is 0. The second kappa shape index (κ2) is 3.34. The minimum absolute atomic E-state index is 1.02. The van der Waals surface area contributed by atoms with Crippen molar-refractivity contribution in [2.75, 3.05) is 6.26 Å². The van der Waals surface area contributed by atoms with Crippen LogP contribution in [0.3, 0.4) is 0 Å². The lowest BCUT2D eigenvalue weighted by molar-refractivity contribution is 0.903. The highest BCUT2D eigenvalue weighted by Crippen LogP contribution is 2.32. The molecule has 0 saturated heterocycles. The lowest BCUT2D eigenvalue weighted by Crippen LogP contribution is -2.07. The van der Waals surface area contributed by atoms with Crippen molar-refractivity contribution >= 4 is 11.9 Å². The van der Waals surface area contributed by atoms with Crippen LogP contribution in [0.1, 0.15) is 11.1 Å². The van der Waals surface area contributed by atoms with E-state index in [4.69, 9.17) is 0 Å². The van der Waals surface area contributed by atoms with Gasteiger partial charge in [-0.2, -0.15) is 5.10 Å². The Morgan fingerprint density at radius 1 is 1.27 bits per heavy atom. The van der Waals surface area contributed by atoms with Crippen LogP contribution in [-0.2, 0) is 12.8 Å². The van der Waals surface area contributed by atoms with Crippen LogP contribution < -0.4 is 0 Å². The minimum atomic E-state index is 1.02. The van der Waals surface area contributed by atoms with Gasteiger partial charge in [0.2, 0.25) is 0 Å². The molecule has 0 aromatic carbocycles. The fourth-order valence-corrected chi connectivity index (χ4v) is 2.48. The largest absolute Gasteiger partial charge is 0.244 e. The van der Waals surface area contributed by atoms with Gasteiger partial charge in [0.1, 0.15) is 12.0 Å². The number of fused-ring (bicyclic) bond motifs is 3. The van der Waals surface area contributed by atoms with E-state index in [0.29, 0.717) is 0 Å². The highest BCUT2D eigenvalue weighted by Gasteiger charge is 2.21. The van der Waals surface area contributed by atoms with E-state index < -0.39 is 0 Å². The van der Waals surface area contributed by atoms with Crippen molar-refractivity contribution in [3.63, 3.8) is 0 Å². The predicted molar refractivity (Wildman–Crippen MR) is 59.6 cm³/mol. The molecule has 15 heavy (non-hydrogen) atoms. The zero-order chi connectivity index (χ0) is 10.3. The Morgan fingerprint density at radius 3 is 3.00 bits per heavy atom. The standard InChI is InChI=1S/C10H10N4S/c1-15-14-10-8(5-13-14)3-2-7-4-11-6-12-9(7)10/h4-6H,2-3H2,1H3. The molecule has 0 aliphatic heterocycles. The van der Waals surface area contributed by atoms with Gasteiger partial charge in [0, 0.05) is 18.0 Å². The first kappa shape index (κ1) is 8.91. The van der Waals surface area contributed by atoms with Crippen molar-refractivity contribution in [2.45, 2.75) is 12.8 Å². The van der Waals surface area contributed by atoms with Crippen molar-refractivity contribution in [1.29, 1.82) is 0 Å². The van der Waals surface area contributed by atoms with Crippen molar-refractivity contribution in [3.05, 3.63) is 29.8 Å². The van der Waals surface area contributed by atoms with Crippen LogP contribution in [-0.4, -0.2) is 25.4 Å².